The van der Waals surface area contributed by atoms with Gasteiger partial charge in [-0.3, -0.25) is 19.9 Å². The van der Waals surface area contributed by atoms with Crippen LogP contribution in [0.5, 0.6) is 0 Å². The van der Waals surface area contributed by atoms with Gasteiger partial charge in [0.25, 0.3) is 15.7 Å². The number of nitrogens with zero attached hydrogens (tertiary/aromatic N) is 4. The molecule has 1 aliphatic heterocycles. The maximum Gasteiger partial charge on any atom is 0.410 e. The van der Waals surface area contributed by atoms with Crippen molar-refractivity contribution in [3.63, 3.8) is 0 Å². The largest absolute Gasteiger partial charge is 0.444 e. The van der Waals surface area contributed by atoms with Crippen LogP contribution in [-0.2, 0) is 24.0 Å². The Labute approximate surface area is 249 Å². The van der Waals surface area contributed by atoms with Gasteiger partial charge < -0.3 is 9.16 Å². The summed E-state index contributed by atoms with van der Waals surface area (Å²) in [4.78, 5) is 30.8. The summed E-state index contributed by atoms with van der Waals surface area (Å²) < 4.78 is 40.6. The molecule has 2 atom stereocenters. The van der Waals surface area contributed by atoms with E-state index in [9.17, 15) is 28.6 Å². The highest BCUT2D eigenvalue weighted by Gasteiger charge is 2.45. The lowest BCUT2D eigenvalue weighted by atomic mass is 9.96. The zero-order valence-corrected chi connectivity index (χ0v) is 27.4. The number of hydrogen-bond acceptors (Lipinski definition) is 9. The molecule has 1 heterocycles. The summed E-state index contributed by atoms with van der Waals surface area (Å²) in [6, 6.07) is 5.07. The average molecular weight is 623 g/mol. The van der Waals surface area contributed by atoms with E-state index in [0.717, 1.165) is 12.1 Å². The van der Waals surface area contributed by atoms with Crippen molar-refractivity contribution in [2.75, 3.05) is 19.8 Å². The monoisotopic (exact) mass is 622 g/mol. The first-order valence-electron chi connectivity index (χ1n) is 13.5. The zero-order valence-electron chi connectivity index (χ0n) is 25.6. The minimum atomic E-state index is -4.69. The number of hydroxylamine groups is 1. The lowest BCUT2D eigenvalue weighted by Crippen LogP contribution is -2.57. The highest BCUT2D eigenvalue weighted by molar-refractivity contribution is 7.89. The van der Waals surface area contributed by atoms with Crippen molar-refractivity contribution in [1.82, 2.24) is 9.37 Å². The second-order valence-corrected chi connectivity index (χ2v) is 19.0. The number of hydrogen-bond donors (Lipinski definition) is 0. The molecule has 42 heavy (non-hydrogen) atoms. The second kappa shape index (κ2) is 13.5. The number of carbonyl (C=O) groups is 1. The van der Waals surface area contributed by atoms with Gasteiger partial charge in [0.05, 0.1) is 42.7 Å². The van der Waals surface area contributed by atoms with Gasteiger partial charge in [-0.1, -0.05) is 49.5 Å². The maximum absolute atomic E-state index is 14.0. The van der Waals surface area contributed by atoms with E-state index < -0.39 is 57.6 Å². The molecular formula is C28H42N4O8SSi. The van der Waals surface area contributed by atoms with E-state index >= 15 is 0 Å². The molecule has 1 amide bonds. The van der Waals surface area contributed by atoms with Crippen LogP contribution in [0.1, 0.15) is 48.0 Å². The molecule has 0 saturated heterocycles. The Morgan fingerprint density at radius 2 is 1.88 bits per heavy atom. The maximum atomic E-state index is 14.0. The van der Waals surface area contributed by atoms with Gasteiger partial charge in [0.1, 0.15) is 5.60 Å². The highest BCUT2D eigenvalue weighted by Crippen LogP contribution is 2.38. The molecule has 0 spiro atoms. The van der Waals surface area contributed by atoms with Crippen LogP contribution in [0.25, 0.3) is 0 Å². The lowest BCUT2D eigenvalue weighted by Gasteiger charge is -2.43. The Balaban J connectivity index is 2.71. The van der Waals surface area contributed by atoms with E-state index in [1.807, 2.05) is 0 Å². The molecule has 1 aliphatic rings. The van der Waals surface area contributed by atoms with Crippen LogP contribution >= 0.6 is 0 Å². The van der Waals surface area contributed by atoms with Gasteiger partial charge in [0, 0.05) is 12.6 Å². The van der Waals surface area contributed by atoms with Gasteiger partial charge in [-0.2, -0.15) is 5.26 Å². The molecule has 0 radical (unpaired) electrons. The Hall–Kier alpha value is -3.09. The third-order valence-corrected chi connectivity index (χ3v) is 13.3. The molecule has 14 heteroatoms. The third kappa shape index (κ3) is 8.48. The lowest BCUT2D eigenvalue weighted by molar-refractivity contribution is -0.388. The predicted molar refractivity (Wildman–Crippen MR) is 160 cm³/mol. The number of nitro groups is 1. The predicted octanol–water partition coefficient (Wildman–Crippen LogP) is 5.55. The zero-order chi connectivity index (χ0) is 32.1. The van der Waals surface area contributed by atoms with Crippen molar-refractivity contribution < 1.29 is 32.1 Å². The van der Waals surface area contributed by atoms with E-state index in [0.29, 0.717) is 10.0 Å². The van der Waals surface area contributed by atoms with Crippen LogP contribution in [0.15, 0.2) is 53.5 Å². The summed E-state index contributed by atoms with van der Waals surface area (Å²) in [6.07, 6.45) is 2.05. The van der Waals surface area contributed by atoms with Crippen LogP contribution in [0.3, 0.4) is 0 Å². The molecular weight excluding hydrogens is 580 g/mol. The van der Waals surface area contributed by atoms with E-state index in [4.69, 9.17) is 14.0 Å². The summed E-state index contributed by atoms with van der Waals surface area (Å²) >= 11 is 0. The minimum Gasteiger partial charge on any atom is -0.444 e. The summed E-state index contributed by atoms with van der Waals surface area (Å²) in [5, 5.41) is 21.3. The smallest absolute Gasteiger partial charge is 0.410 e. The van der Waals surface area contributed by atoms with Crippen LogP contribution in [0.2, 0.25) is 18.1 Å². The fourth-order valence-corrected chi connectivity index (χ4v) is 6.52. The number of ether oxygens (including phenoxy) is 1. The van der Waals surface area contributed by atoms with E-state index in [-0.39, 0.29) is 31.2 Å². The van der Waals surface area contributed by atoms with Crippen molar-refractivity contribution in [3.05, 3.63) is 58.7 Å². The number of rotatable bonds is 11. The second-order valence-electron chi connectivity index (χ2n) is 12.4. The van der Waals surface area contributed by atoms with Gasteiger partial charge >= 0.3 is 6.09 Å². The molecule has 0 aliphatic carbocycles. The normalized spacial score (nSPS) is 18.3. The first kappa shape index (κ1) is 35.1. The SMILES string of the molecule is C=CCON(C1CN(C(=O)OC(C)(C)C)C(CO[Si](C)(C)C(C)(C)C)C=C1CC#N)S(=O)(=O)c1ccccc1[N+](=O)[O-]. The van der Waals surface area contributed by atoms with Crippen molar-refractivity contribution in [3.8, 4) is 6.07 Å². The first-order chi connectivity index (χ1) is 19.3. The summed E-state index contributed by atoms with van der Waals surface area (Å²) in [5.41, 5.74) is -1.15. The average Bonchev–Trinajstić information content (AvgIpc) is 2.86. The fourth-order valence-electron chi connectivity index (χ4n) is 3.91. The summed E-state index contributed by atoms with van der Waals surface area (Å²) in [7, 11) is -6.96. The van der Waals surface area contributed by atoms with Crippen LogP contribution in [0.4, 0.5) is 10.5 Å². The summed E-state index contributed by atoms with van der Waals surface area (Å²) in [6.45, 7) is 18.7. The molecule has 0 saturated carbocycles. The molecule has 0 N–H and O–H groups in total. The number of carbonyl (C=O) groups excluding carboxylic acids is 1. The fraction of sp³-hybridized carbons (Fsp3) is 0.571. The number of benzene rings is 1. The molecule has 0 bridgehead atoms. The van der Waals surface area contributed by atoms with Gasteiger partial charge in [0.2, 0.25) is 0 Å². The van der Waals surface area contributed by atoms with Crippen molar-refractivity contribution in [2.45, 2.75) is 88.7 Å². The van der Waals surface area contributed by atoms with Crippen molar-refractivity contribution >= 4 is 30.1 Å². The van der Waals surface area contributed by atoms with E-state index in [1.165, 1.54) is 23.1 Å². The molecule has 232 valence electrons. The minimum absolute atomic E-state index is 0.0990. The third-order valence-electron chi connectivity index (χ3n) is 7.09. The number of nitro benzene ring substituents is 1. The van der Waals surface area contributed by atoms with Crippen LogP contribution in [-0.4, -0.2) is 74.6 Å². The van der Waals surface area contributed by atoms with E-state index in [1.54, 1.807) is 26.8 Å². The first-order valence-corrected chi connectivity index (χ1v) is 17.8. The Morgan fingerprint density at radius 3 is 2.40 bits per heavy atom. The van der Waals surface area contributed by atoms with Crippen molar-refractivity contribution in [2.24, 2.45) is 0 Å². The Kier molecular flexibility index (Phi) is 11.3. The van der Waals surface area contributed by atoms with Gasteiger partial charge in [0.15, 0.2) is 13.2 Å². The molecule has 0 aromatic heterocycles. The van der Waals surface area contributed by atoms with Gasteiger partial charge in [-0.05, 0) is 50.5 Å². The molecule has 0 fully saturated rings. The quantitative estimate of drug-likeness (QED) is 0.134. The molecule has 1 aromatic rings. The van der Waals surface area contributed by atoms with Crippen LogP contribution < -0.4 is 0 Å². The standard InChI is InChI=1S/C28H42N4O8SSi/c1-10-17-38-32(41(36,37)25-14-12-11-13-23(25)31(34)35)24-19-30(26(33)40-27(2,3)4)22(18-21(24)15-16-29)20-39-42(8,9)28(5,6)7/h10-14,18,22,24H,1,15,17,19-20H2,2-9H3. The number of nitriles is 1. The topological polar surface area (TPSA) is 152 Å². The Bertz CT molecular complexity index is 1340. The number of para-hydroxylation sites is 1. The van der Waals surface area contributed by atoms with Crippen molar-refractivity contribution in [1.29, 1.82) is 5.26 Å². The molecule has 2 rings (SSSR count). The molecule has 12 nitrogen and oxygen atoms in total. The molecule has 2 unspecified atom stereocenters. The van der Waals surface area contributed by atoms with Gasteiger partial charge in [-0.25, -0.2) is 13.2 Å². The molecule has 1 aromatic carbocycles. The number of amides is 1. The van der Waals surface area contributed by atoms with Gasteiger partial charge in [-0.15, -0.1) is 6.58 Å². The highest BCUT2D eigenvalue weighted by atomic mass is 32.2. The summed E-state index contributed by atoms with van der Waals surface area (Å²) in [5.74, 6) is 0. The number of sulfonamides is 1. The van der Waals surface area contributed by atoms with Crippen LogP contribution in [0, 0.1) is 21.4 Å². The Morgan fingerprint density at radius 1 is 1.26 bits per heavy atom. The van der Waals surface area contributed by atoms with E-state index in [2.05, 4.69) is 46.5 Å².